The lowest BCUT2D eigenvalue weighted by molar-refractivity contribution is -0.161. The summed E-state index contributed by atoms with van der Waals surface area (Å²) in [4.78, 5) is 50.4. The topological polar surface area (TPSA) is 167 Å². The zero-order chi connectivity index (χ0) is 29.0. The van der Waals surface area contributed by atoms with Gasteiger partial charge in [0.2, 0.25) is 0 Å². The molecule has 1 aromatic carbocycles. The predicted molar refractivity (Wildman–Crippen MR) is 143 cm³/mol. The Kier molecular flexibility index (Phi) is 9.86. The normalized spacial score (nSPS) is 25.1. The van der Waals surface area contributed by atoms with Crippen LogP contribution in [0.3, 0.4) is 0 Å². The summed E-state index contributed by atoms with van der Waals surface area (Å²) < 4.78 is 29.5. The predicted octanol–water partition coefficient (Wildman–Crippen LogP) is 1.37. The van der Waals surface area contributed by atoms with Gasteiger partial charge in [-0.25, -0.2) is 9.88 Å². The number of nitrogens with zero attached hydrogens (tertiary/aromatic N) is 1. The summed E-state index contributed by atoms with van der Waals surface area (Å²) in [6.07, 6.45) is -3.00. The number of carbonyl (C=O) groups excluding carboxylic acids is 2. The van der Waals surface area contributed by atoms with Gasteiger partial charge in [0.05, 0.1) is 12.7 Å². The first-order chi connectivity index (χ1) is 18.2. The smallest absolute Gasteiger partial charge is 0.330 e. The van der Waals surface area contributed by atoms with E-state index in [1.807, 2.05) is 0 Å². The minimum absolute atomic E-state index is 0.359. The van der Waals surface area contributed by atoms with Crippen molar-refractivity contribution in [3.63, 3.8) is 0 Å². The number of rotatable bonds is 11. The van der Waals surface area contributed by atoms with Crippen LogP contribution in [-0.2, 0) is 40.1 Å². The molecule has 3 rings (SSSR count). The van der Waals surface area contributed by atoms with Gasteiger partial charge in [-0.3, -0.25) is 23.9 Å². The van der Waals surface area contributed by atoms with E-state index >= 15 is 0 Å². The highest BCUT2D eigenvalue weighted by Gasteiger charge is 2.56. The van der Waals surface area contributed by atoms with Crippen LogP contribution in [0.4, 0.5) is 0 Å². The molecule has 0 bridgehead atoms. The summed E-state index contributed by atoms with van der Waals surface area (Å²) in [5.74, 6) is -0.923. The van der Waals surface area contributed by atoms with Crippen molar-refractivity contribution in [1.82, 2.24) is 14.6 Å². The number of nitrogens with one attached hydrogen (secondary N) is 2. The summed E-state index contributed by atoms with van der Waals surface area (Å²) in [6, 6.07) is 8.72. The number of esters is 2. The van der Waals surface area contributed by atoms with E-state index in [0.29, 0.717) is 5.75 Å². The molecule has 1 aromatic heterocycles. The van der Waals surface area contributed by atoms with E-state index in [4.69, 9.17) is 35.1 Å². The number of aromatic amines is 1. The summed E-state index contributed by atoms with van der Waals surface area (Å²) >= 11 is 5.70. The molecule has 3 N–H and O–H groups in total. The number of aromatic nitrogens is 2. The van der Waals surface area contributed by atoms with Gasteiger partial charge in [0.15, 0.2) is 12.3 Å². The van der Waals surface area contributed by atoms with Gasteiger partial charge < -0.3 is 28.4 Å². The molecule has 0 saturated carbocycles. The number of hydrogen-bond acceptors (Lipinski definition) is 11. The fourth-order valence-corrected chi connectivity index (χ4v) is 6.27. The van der Waals surface area contributed by atoms with E-state index < -0.39 is 59.9 Å². The third kappa shape index (κ3) is 7.84. The van der Waals surface area contributed by atoms with Crippen LogP contribution in [0.1, 0.15) is 40.8 Å². The lowest BCUT2D eigenvalue weighted by atomic mass is 9.96. The van der Waals surface area contributed by atoms with Gasteiger partial charge in [0.1, 0.15) is 23.5 Å². The molecule has 1 aliphatic heterocycles. The third-order valence-corrected chi connectivity index (χ3v) is 8.05. The Morgan fingerprint density at radius 1 is 1.23 bits per heavy atom. The van der Waals surface area contributed by atoms with Crippen LogP contribution in [0.5, 0.6) is 5.75 Å². The number of carbonyl (C=O) groups is 2. The summed E-state index contributed by atoms with van der Waals surface area (Å²) in [5.41, 5.74) is -3.40. The molecule has 13 nitrogen and oxygen atoms in total. The molecule has 2 heterocycles. The van der Waals surface area contributed by atoms with Crippen LogP contribution in [0, 0.1) is 0 Å². The van der Waals surface area contributed by atoms with Crippen molar-refractivity contribution in [3.05, 3.63) is 63.4 Å². The van der Waals surface area contributed by atoms with E-state index in [-0.39, 0.29) is 12.7 Å². The van der Waals surface area contributed by atoms with Gasteiger partial charge in [-0.2, -0.15) is 0 Å². The Hall–Kier alpha value is -2.87. The van der Waals surface area contributed by atoms with Crippen molar-refractivity contribution < 1.29 is 38.0 Å². The Labute approximate surface area is 229 Å². The molecule has 1 fully saturated rings. The van der Waals surface area contributed by atoms with Crippen molar-refractivity contribution in [1.29, 1.82) is 0 Å². The van der Waals surface area contributed by atoms with Crippen LogP contribution in [0.2, 0.25) is 0 Å². The summed E-state index contributed by atoms with van der Waals surface area (Å²) in [6.45, 7) is 3.57. The first-order valence-electron chi connectivity index (χ1n) is 12.1. The van der Waals surface area contributed by atoms with Gasteiger partial charge in [-0.05, 0) is 51.6 Å². The highest BCUT2D eigenvalue weighted by Crippen LogP contribution is 2.47. The van der Waals surface area contributed by atoms with E-state index in [1.165, 1.54) is 6.92 Å². The van der Waals surface area contributed by atoms with Gasteiger partial charge in [0, 0.05) is 19.2 Å². The highest BCUT2D eigenvalue weighted by molar-refractivity contribution is 8.09. The molecule has 0 amide bonds. The lowest BCUT2D eigenvalue weighted by Gasteiger charge is -2.30. The van der Waals surface area contributed by atoms with Gasteiger partial charge >= 0.3 is 24.3 Å². The molecule has 0 radical (unpaired) electrons. The molecule has 0 aliphatic carbocycles. The Bertz CT molecular complexity index is 1330. The molecule has 6 atom stereocenters. The molecule has 2 unspecified atom stereocenters. The van der Waals surface area contributed by atoms with Crippen molar-refractivity contribution >= 4 is 30.4 Å². The second-order valence-electron chi connectivity index (χ2n) is 9.33. The van der Waals surface area contributed by atoms with Crippen molar-refractivity contribution in [2.24, 2.45) is 0 Å². The van der Waals surface area contributed by atoms with Gasteiger partial charge in [-0.15, -0.1) is 0 Å². The average Bonchev–Trinajstić information content (AvgIpc) is 3.07. The van der Waals surface area contributed by atoms with Crippen molar-refractivity contribution in [3.8, 4) is 5.75 Å². The summed E-state index contributed by atoms with van der Waals surface area (Å²) in [5, 5.41) is 14.2. The number of benzene rings is 1. The third-order valence-electron chi connectivity index (χ3n) is 5.55. The van der Waals surface area contributed by atoms with Crippen molar-refractivity contribution in [2.45, 2.75) is 70.8 Å². The zero-order valence-corrected chi connectivity index (χ0v) is 23.8. The lowest BCUT2D eigenvalue weighted by Crippen LogP contribution is -2.49. The van der Waals surface area contributed by atoms with E-state index in [9.17, 15) is 24.3 Å². The maximum absolute atomic E-state index is 12.5. The maximum Gasteiger partial charge on any atom is 0.330 e. The standard InChI is InChI=1S/C24H32N3O10PS/c1-14(2)34-21(30)15(3)26-38(39,37-17-9-7-6-8-10-17)33-13-18-20(35-16(4)28)24(5,32)22(36-18)27-12-11-19(29)25-23(27)31/h6-12,14-15,18,20,22,32H,13H2,1-5H3,(H,26,39)(H,25,29,31)/t15?,18-,20-,22-,24-,38?/m1/s1. The highest BCUT2D eigenvalue weighted by atomic mass is 32.5. The number of ether oxygens (including phenoxy) is 3. The fraction of sp³-hybridized carbons (Fsp3) is 0.500. The first-order valence-corrected chi connectivity index (χ1v) is 14.7. The molecular weight excluding hydrogens is 553 g/mol. The minimum atomic E-state index is -3.49. The molecule has 2 aromatic rings. The van der Waals surface area contributed by atoms with Crippen molar-refractivity contribution in [2.75, 3.05) is 6.61 Å². The monoisotopic (exact) mass is 585 g/mol. The molecule has 39 heavy (non-hydrogen) atoms. The van der Waals surface area contributed by atoms with E-state index in [1.54, 1.807) is 51.1 Å². The molecule has 0 spiro atoms. The van der Waals surface area contributed by atoms with Crippen LogP contribution in [0.15, 0.2) is 52.2 Å². The van der Waals surface area contributed by atoms with E-state index in [0.717, 1.165) is 23.8 Å². The largest absolute Gasteiger partial charge is 0.462 e. The SMILES string of the molecule is CC(=O)O[C@@H]1[C@@H](COP(=S)(NC(C)C(=O)OC(C)C)Oc2ccccc2)O[C@@H](n2ccc(=O)[nH]c2=O)[C@]1(C)O. The molecule has 1 aliphatic rings. The Balaban J connectivity index is 1.89. The van der Waals surface area contributed by atoms with Crippen LogP contribution < -0.4 is 20.9 Å². The number of para-hydroxylation sites is 1. The molecule has 214 valence electrons. The quantitative estimate of drug-likeness (QED) is 0.256. The van der Waals surface area contributed by atoms with Crippen LogP contribution in [0.25, 0.3) is 0 Å². The number of hydrogen-bond donors (Lipinski definition) is 3. The Morgan fingerprint density at radius 2 is 1.90 bits per heavy atom. The number of aliphatic hydroxyl groups is 1. The Morgan fingerprint density at radius 3 is 2.49 bits per heavy atom. The van der Waals surface area contributed by atoms with E-state index in [2.05, 4.69) is 10.1 Å². The molecular formula is C24H32N3O10PS. The zero-order valence-electron chi connectivity index (χ0n) is 22.1. The molecule has 1 saturated heterocycles. The number of H-pyrrole nitrogens is 1. The molecule has 15 heteroatoms. The minimum Gasteiger partial charge on any atom is -0.462 e. The fourth-order valence-electron chi connectivity index (χ4n) is 3.86. The second-order valence-corrected chi connectivity index (χ2v) is 12.5. The van der Waals surface area contributed by atoms with Crippen LogP contribution >= 0.6 is 6.64 Å². The summed E-state index contributed by atoms with van der Waals surface area (Å²) in [7, 11) is 0. The second kappa shape index (κ2) is 12.5. The first kappa shape index (κ1) is 30.7. The van der Waals surface area contributed by atoms with Gasteiger partial charge in [-0.1, -0.05) is 18.2 Å². The average molecular weight is 586 g/mol. The van der Waals surface area contributed by atoms with Crippen LogP contribution in [-0.4, -0.2) is 63.2 Å². The maximum atomic E-state index is 12.5. The van der Waals surface area contributed by atoms with Gasteiger partial charge in [0.25, 0.3) is 5.56 Å².